The molecule has 0 radical (unpaired) electrons. The Morgan fingerprint density at radius 2 is 1.87 bits per heavy atom. The lowest BCUT2D eigenvalue weighted by Gasteiger charge is -2.38. The molecule has 2 rings (SSSR count). The third-order valence-corrected chi connectivity index (χ3v) is 5.00. The summed E-state index contributed by atoms with van der Waals surface area (Å²) in [6.07, 6.45) is 2.69. The van der Waals surface area contributed by atoms with Gasteiger partial charge in [0.2, 0.25) is 15.9 Å². The van der Waals surface area contributed by atoms with Crippen LogP contribution in [0.15, 0.2) is 30.3 Å². The summed E-state index contributed by atoms with van der Waals surface area (Å²) in [5, 5.41) is 2.89. The Bertz CT molecular complexity index is 625. The average Bonchev–Trinajstić information content (AvgIpc) is 2.53. The number of rotatable bonds is 6. The number of carbonyl (C=O) groups is 1. The van der Waals surface area contributed by atoms with Gasteiger partial charge in [-0.3, -0.25) is 4.79 Å². The molecule has 0 bridgehead atoms. The standard InChI is InChI=1S/C16H24N2O4S/c1-13(18-23(2,20)21)15(19)17-12-16(8-10-22-11-9-16)14-6-4-3-5-7-14/h3-7,13,18H,8-12H2,1-2H3,(H,17,19)/t13-/m0/s1. The molecule has 1 heterocycles. The van der Waals surface area contributed by atoms with Gasteiger partial charge < -0.3 is 10.1 Å². The number of benzene rings is 1. The van der Waals surface area contributed by atoms with E-state index in [0.29, 0.717) is 19.8 Å². The summed E-state index contributed by atoms with van der Waals surface area (Å²) in [6, 6.07) is 9.28. The first-order valence-corrected chi connectivity index (χ1v) is 9.60. The van der Waals surface area contributed by atoms with Crippen molar-refractivity contribution >= 4 is 15.9 Å². The van der Waals surface area contributed by atoms with E-state index in [2.05, 4.69) is 22.2 Å². The summed E-state index contributed by atoms with van der Waals surface area (Å²) < 4.78 is 30.2. The van der Waals surface area contributed by atoms with Crippen LogP contribution in [0.2, 0.25) is 0 Å². The minimum atomic E-state index is -3.41. The first-order chi connectivity index (χ1) is 10.8. The quantitative estimate of drug-likeness (QED) is 0.802. The molecule has 1 aromatic carbocycles. The Balaban J connectivity index is 2.06. The number of sulfonamides is 1. The third-order valence-electron chi connectivity index (χ3n) is 4.22. The minimum absolute atomic E-state index is 0.167. The van der Waals surface area contributed by atoms with Gasteiger partial charge in [-0.2, -0.15) is 0 Å². The van der Waals surface area contributed by atoms with Crippen LogP contribution in [0.5, 0.6) is 0 Å². The fourth-order valence-corrected chi connectivity index (χ4v) is 3.65. The molecule has 7 heteroatoms. The third kappa shape index (κ3) is 5.02. The zero-order chi connectivity index (χ0) is 16.9. The maximum absolute atomic E-state index is 12.2. The van der Waals surface area contributed by atoms with Crippen LogP contribution in [-0.4, -0.2) is 46.4 Å². The second-order valence-electron chi connectivity index (χ2n) is 6.09. The van der Waals surface area contributed by atoms with E-state index in [1.54, 1.807) is 0 Å². The largest absolute Gasteiger partial charge is 0.381 e. The van der Waals surface area contributed by atoms with Crippen molar-refractivity contribution in [2.75, 3.05) is 26.0 Å². The molecule has 1 saturated heterocycles. The SMILES string of the molecule is C[C@H](NS(C)(=O)=O)C(=O)NCC1(c2ccccc2)CCOCC1. The fourth-order valence-electron chi connectivity index (χ4n) is 2.91. The van der Waals surface area contributed by atoms with Crippen LogP contribution >= 0.6 is 0 Å². The van der Waals surface area contributed by atoms with Crippen molar-refractivity contribution < 1.29 is 17.9 Å². The molecule has 1 amide bonds. The second-order valence-corrected chi connectivity index (χ2v) is 7.87. The molecule has 2 N–H and O–H groups in total. The first kappa shape index (κ1) is 17.9. The highest BCUT2D eigenvalue weighted by Crippen LogP contribution is 2.34. The summed E-state index contributed by atoms with van der Waals surface area (Å²) in [7, 11) is -3.41. The summed E-state index contributed by atoms with van der Waals surface area (Å²) in [4.78, 5) is 12.2. The van der Waals surface area contributed by atoms with Crippen molar-refractivity contribution in [2.45, 2.75) is 31.2 Å². The lowest BCUT2D eigenvalue weighted by Crippen LogP contribution is -2.50. The van der Waals surface area contributed by atoms with Gasteiger partial charge in [-0.25, -0.2) is 13.1 Å². The molecular weight excluding hydrogens is 316 g/mol. The molecule has 1 fully saturated rings. The molecular formula is C16H24N2O4S. The van der Waals surface area contributed by atoms with Crippen molar-refractivity contribution in [1.82, 2.24) is 10.0 Å². The maximum Gasteiger partial charge on any atom is 0.237 e. The lowest BCUT2D eigenvalue weighted by molar-refractivity contribution is -0.122. The van der Waals surface area contributed by atoms with Crippen LogP contribution in [0, 0.1) is 0 Å². The van der Waals surface area contributed by atoms with Gasteiger partial charge in [0.15, 0.2) is 0 Å². The summed E-state index contributed by atoms with van der Waals surface area (Å²) in [5.74, 6) is -0.322. The number of nitrogens with one attached hydrogen (secondary N) is 2. The highest BCUT2D eigenvalue weighted by Gasteiger charge is 2.35. The van der Waals surface area contributed by atoms with E-state index in [1.165, 1.54) is 12.5 Å². The van der Waals surface area contributed by atoms with Crippen molar-refractivity contribution in [3.05, 3.63) is 35.9 Å². The molecule has 1 aromatic rings. The van der Waals surface area contributed by atoms with Gasteiger partial charge in [-0.05, 0) is 25.3 Å². The second kappa shape index (κ2) is 7.42. The van der Waals surface area contributed by atoms with E-state index in [-0.39, 0.29) is 11.3 Å². The zero-order valence-corrected chi connectivity index (χ0v) is 14.4. The van der Waals surface area contributed by atoms with Crippen molar-refractivity contribution in [2.24, 2.45) is 0 Å². The van der Waals surface area contributed by atoms with Gasteiger partial charge in [0.05, 0.1) is 12.3 Å². The molecule has 1 aliphatic heterocycles. The minimum Gasteiger partial charge on any atom is -0.381 e. The van der Waals surface area contributed by atoms with Crippen molar-refractivity contribution in [3.8, 4) is 0 Å². The highest BCUT2D eigenvalue weighted by molar-refractivity contribution is 7.88. The molecule has 6 nitrogen and oxygen atoms in total. The smallest absolute Gasteiger partial charge is 0.237 e. The summed E-state index contributed by atoms with van der Waals surface area (Å²) >= 11 is 0. The predicted molar refractivity (Wildman–Crippen MR) is 88.6 cm³/mol. The highest BCUT2D eigenvalue weighted by atomic mass is 32.2. The molecule has 0 saturated carbocycles. The predicted octanol–water partition coefficient (Wildman–Crippen LogP) is 0.789. The first-order valence-electron chi connectivity index (χ1n) is 7.71. The summed E-state index contributed by atoms with van der Waals surface area (Å²) in [5.41, 5.74) is 1.01. The van der Waals surface area contributed by atoms with Crippen molar-refractivity contribution in [3.63, 3.8) is 0 Å². The molecule has 1 atom stereocenters. The molecule has 0 unspecified atom stereocenters. The van der Waals surface area contributed by atoms with E-state index >= 15 is 0 Å². The Labute approximate surface area is 137 Å². The van der Waals surface area contributed by atoms with Crippen LogP contribution in [0.4, 0.5) is 0 Å². The Morgan fingerprint density at radius 3 is 2.43 bits per heavy atom. The molecule has 0 spiro atoms. The monoisotopic (exact) mass is 340 g/mol. The normalized spacial score (nSPS) is 19.0. The fraction of sp³-hybridized carbons (Fsp3) is 0.562. The number of carbonyl (C=O) groups excluding carboxylic acids is 1. The molecule has 0 aliphatic carbocycles. The number of ether oxygens (including phenoxy) is 1. The van der Waals surface area contributed by atoms with E-state index in [4.69, 9.17) is 4.74 Å². The zero-order valence-electron chi connectivity index (χ0n) is 13.5. The van der Waals surface area contributed by atoms with Crippen LogP contribution < -0.4 is 10.0 Å². The van der Waals surface area contributed by atoms with Gasteiger partial charge in [-0.15, -0.1) is 0 Å². The Morgan fingerprint density at radius 1 is 1.26 bits per heavy atom. The van der Waals surface area contributed by atoms with E-state index in [0.717, 1.165) is 19.1 Å². The van der Waals surface area contributed by atoms with Crippen LogP contribution in [-0.2, 0) is 25.0 Å². The number of amides is 1. The number of hydrogen-bond acceptors (Lipinski definition) is 4. The number of hydrogen-bond donors (Lipinski definition) is 2. The van der Waals surface area contributed by atoms with Gasteiger partial charge >= 0.3 is 0 Å². The molecule has 23 heavy (non-hydrogen) atoms. The molecule has 128 valence electrons. The molecule has 1 aliphatic rings. The van der Waals surface area contributed by atoms with Crippen molar-refractivity contribution in [1.29, 1.82) is 0 Å². The summed E-state index contributed by atoms with van der Waals surface area (Å²) in [6.45, 7) is 3.31. The lowest BCUT2D eigenvalue weighted by atomic mass is 9.74. The van der Waals surface area contributed by atoms with Gasteiger partial charge in [0.1, 0.15) is 0 Å². The van der Waals surface area contributed by atoms with E-state index in [1.807, 2.05) is 18.2 Å². The van der Waals surface area contributed by atoms with Crippen LogP contribution in [0.1, 0.15) is 25.3 Å². The van der Waals surface area contributed by atoms with Crippen LogP contribution in [0.25, 0.3) is 0 Å². The molecule has 0 aromatic heterocycles. The van der Waals surface area contributed by atoms with Gasteiger partial charge in [0.25, 0.3) is 0 Å². The van der Waals surface area contributed by atoms with Gasteiger partial charge in [0, 0.05) is 25.2 Å². The van der Waals surface area contributed by atoms with Gasteiger partial charge in [-0.1, -0.05) is 30.3 Å². The van der Waals surface area contributed by atoms with E-state index in [9.17, 15) is 13.2 Å². The maximum atomic E-state index is 12.2. The Kier molecular flexibility index (Phi) is 5.78. The topological polar surface area (TPSA) is 84.5 Å². The van der Waals surface area contributed by atoms with E-state index < -0.39 is 16.1 Å². The Hall–Kier alpha value is -1.44. The van der Waals surface area contributed by atoms with Crippen LogP contribution in [0.3, 0.4) is 0 Å². The average molecular weight is 340 g/mol.